The highest BCUT2D eigenvalue weighted by atomic mass is 16.5. The van der Waals surface area contributed by atoms with Gasteiger partial charge in [-0.15, -0.1) is 0 Å². The fourth-order valence-electron chi connectivity index (χ4n) is 2.84. The zero-order valence-electron chi connectivity index (χ0n) is 11.0. The Kier molecular flexibility index (Phi) is 3.52. The standard InChI is InChI=1S/C14H18O5/c1-3-14(18)7-10(16)11-8(5-4-6-9(11)15)12(14)13(17)19-2/h4-6,10,12,15-16,18H,3,7H2,1-2H3/t10-,12-,14+/m0/s1. The van der Waals surface area contributed by atoms with Gasteiger partial charge in [-0.1, -0.05) is 19.1 Å². The molecule has 3 N–H and O–H groups in total. The van der Waals surface area contributed by atoms with Crippen molar-refractivity contribution in [3.05, 3.63) is 29.3 Å². The number of ether oxygens (including phenoxy) is 1. The maximum Gasteiger partial charge on any atom is 0.316 e. The number of aliphatic hydroxyl groups excluding tert-OH is 1. The van der Waals surface area contributed by atoms with Gasteiger partial charge in [0.1, 0.15) is 11.7 Å². The SMILES string of the molecule is CC[C@@]1(O)C[C@H](O)c2c(O)cccc2[C@H]1C(=O)OC. The molecule has 0 aromatic heterocycles. The Morgan fingerprint density at radius 1 is 1.53 bits per heavy atom. The summed E-state index contributed by atoms with van der Waals surface area (Å²) in [6.45, 7) is 1.75. The Bertz CT molecular complexity index is 499. The van der Waals surface area contributed by atoms with Gasteiger partial charge in [-0.05, 0) is 18.1 Å². The summed E-state index contributed by atoms with van der Waals surface area (Å²) in [4.78, 5) is 12.0. The molecule has 2 rings (SSSR count). The number of phenolic OH excluding ortho intramolecular Hbond substituents is 1. The average Bonchev–Trinajstić information content (AvgIpc) is 2.38. The summed E-state index contributed by atoms with van der Waals surface area (Å²) < 4.78 is 4.76. The Labute approximate surface area is 111 Å². The van der Waals surface area contributed by atoms with Crippen LogP contribution in [-0.4, -0.2) is 34.0 Å². The summed E-state index contributed by atoms with van der Waals surface area (Å²) in [6, 6.07) is 4.66. The molecule has 0 spiro atoms. The Balaban J connectivity index is 2.63. The number of esters is 1. The van der Waals surface area contributed by atoms with Gasteiger partial charge in [0.15, 0.2) is 0 Å². The van der Waals surface area contributed by atoms with Gasteiger partial charge in [-0.3, -0.25) is 4.79 Å². The van der Waals surface area contributed by atoms with E-state index in [2.05, 4.69) is 0 Å². The third-order valence-corrected chi connectivity index (χ3v) is 3.89. The summed E-state index contributed by atoms with van der Waals surface area (Å²) in [5.41, 5.74) is -0.640. The van der Waals surface area contributed by atoms with Crippen LogP contribution in [0.3, 0.4) is 0 Å². The molecule has 0 bridgehead atoms. The molecule has 0 aliphatic heterocycles. The third kappa shape index (κ3) is 2.09. The van der Waals surface area contributed by atoms with Crippen LogP contribution >= 0.6 is 0 Å². The van der Waals surface area contributed by atoms with Crippen LogP contribution in [0, 0.1) is 0 Å². The van der Waals surface area contributed by atoms with Gasteiger partial charge in [0.25, 0.3) is 0 Å². The zero-order chi connectivity index (χ0) is 14.2. The van der Waals surface area contributed by atoms with Crippen molar-refractivity contribution in [3.63, 3.8) is 0 Å². The summed E-state index contributed by atoms with van der Waals surface area (Å²) in [5.74, 6) is -1.53. The minimum Gasteiger partial charge on any atom is -0.508 e. The van der Waals surface area contributed by atoms with E-state index in [-0.39, 0.29) is 12.2 Å². The van der Waals surface area contributed by atoms with Crippen molar-refractivity contribution >= 4 is 5.97 Å². The molecule has 1 aromatic carbocycles. The molecular formula is C14H18O5. The van der Waals surface area contributed by atoms with Gasteiger partial charge in [-0.2, -0.15) is 0 Å². The van der Waals surface area contributed by atoms with E-state index in [4.69, 9.17) is 4.74 Å². The van der Waals surface area contributed by atoms with Crippen molar-refractivity contribution in [3.8, 4) is 5.75 Å². The predicted molar refractivity (Wildman–Crippen MR) is 67.7 cm³/mol. The first-order valence-corrected chi connectivity index (χ1v) is 6.24. The molecule has 0 unspecified atom stereocenters. The van der Waals surface area contributed by atoms with E-state index in [0.717, 1.165) is 0 Å². The summed E-state index contributed by atoms with van der Waals surface area (Å²) in [5, 5.41) is 30.6. The predicted octanol–water partition coefficient (Wildman–Crippen LogP) is 1.23. The highest BCUT2D eigenvalue weighted by Gasteiger charge is 2.49. The highest BCUT2D eigenvalue weighted by Crippen LogP contribution is 2.48. The van der Waals surface area contributed by atoms with Gasteiger partial charge in [0.2, 0.25) is 0 Å². The molecular weight excluding hydrogens is 248 g/mol. The van der Waals surface area contributed by atoms with Crippen molar-refractivity contribution in [2.24, 2.45) is 0 Å². The summed E-state index contributed by atoms with van der Waals surface area (Å²) in [7, 11) is 1.26. The van der Waals surface area contributed by atoms with E-state index in [1.807, 2.05) is 0 Å². The number of phenols is 1. The Morgan fingerprint density at radius 3 is 2.79 bits per heavy atom. The molecule has 0 saturated carbocycles. The Morgan fingerprint density at radius 2 is 2.21 bits per heavy atom. The topological polar surface area (TPSA) is 87.0 Å². The first-order valence-electron chi connectivity index (χ1n) is 6.24. The minimum absolute atomic E-state index is 0.00611. The van der Waals surface area contributed by atoms with Gasteiger partial charge in [0.05, 0.1) is 18.8 Å². The smallest absolute Gasteiger partial charge is 0.316 e. The van der Waals surface area contributed by atoms with Crippen LogP contribution in [0.1, 0.15) is 42.9 Å². The molecule has 1 aliphatic rings. The molecule has 0 heterocycles. The third-order valence-electron chi connectivity index (χ3n) is 3.89. The van der Waals surface area contributed by atoms with E-state index in [0.29, 0.717) is 17.5 Å². The van der Waals surface area contributed by atoms with Crippen molar-refractivity contribution < 1.29 is 24.9 Å². The first-order chi connectivity index (χ1) is 8.94. The largest absolute Gasteiger partial charge is 0.508 e. The van der Waals surface area contributed by atoms with Crippen LogP contribution in [0.2, 0.25) is 0 Å². The molecule has 1 aromatic rings. The summed E-state index contributed by atoms with van der Waals surface area (Å²) >= 11 is 0. The van der Waals surface area contributed by atoms with E-state index >= 15 is 0 Å². The highest BCUT2D eigenvalue weighted by molar-refractivity contribution is 5.81. The number of aliphatic hydroxyl groups is 2. The second-order valence-corrected chi connectivity index (χ2v) is 4.91. The molecule has 3 atom stereocenters. The number of aromatic hydroxyl groups is 1. The van der Waals surface area contributed by atoms with Gasteiger partial charge < -0.3 is 20.1 Å². The number of fused-ring (bicyclic) bond motifs is 1. The zero-order valence-corrected chi connectivity index (χ0v) is 11.0. The van der Waals surface area contributed by atoms with E-state index in [9.17, 15) is 20.1 Å². The maximum atomic E-state index is 12.0. The van der Waals surface area contributed by atoms with Crippen LogP contribution < -0.4 is 0 Å². The number of carbonyl (C=O) groups excluding carboxylic acids is 1. The fourth-order valence-corrected chi connectivity index (χ4v) is 2.84. The lowest BCUT2D eigenvalue weighted by Crippen LogP contribution is -2.45. The molecule has 19 heavy (non-hydrogen) atoms. The first kappa shape index (κ1) is 13.8. The molecule has 1 aliphatic carbocycles. The van der Waals surface area contributed by atoms with Crippen molar-refractivity contribution in [2.75, 3.05) is 7.11 Å². The van der Waals surface area contributed by atoms with Crippen LogP contribution in [0.5, 0.6) is 5.75 Å². The Hall–Kier alpha value is -1.59. The molecule has 0 radical (unpaired) electrons. The molecule has 5 heteroatoms. The number of benzene rings is 1. The second kappa shape index (κ2) is 4.83. The number of hydrogen-bond acceptors (Lipinski definition) is 5. The van der Waals surface area contributed by atoms with Crippen LogP contribution in [-0.2, 0) is 9.53 Å². The number of hydrogen-bond donors (Lipinski definition) is 3. The van der Waals surface area contributed by atoms with Gasteiger partial charge in [0, 0.05) is 12.0 Å². The fraction of sp³-hybridized carbons (Fsp3) is 0.500. The van der Waals surface area contributed by atoms with Crippen LogP contribution in [0.25, 0.3) is 0 Å². The second-order valence-electron chi connectivity index (χ2n) is 4.91. The molecule has 0 saturated heterocycles. The minimum atomic E-state index is -1.37. The van der Waals surface area contributed by atoms with Crippen molar-refractivity contribution in [1.29, 1.82) is 0 Å². The molecule has 0 amide bonds. The number of rotatable bonds is 2. The van der Waals surface area contributed by atoms with Crippen LogP contribution in [0.15, 0.2) is 18.2 Å². The van der Waals surface area contributed by atoms with Gasteiger partial charge in [-0.25, -0.2) is 0 Å². The molecule has 0 fully saturated rings. The number of carbonyl (C=O) groups is 1. The van der Waals surface area contributed by atoms with Gasteiger partial charge >= 0.3 is 5.97 Å². The van der Waals surface area contributed by atoms with Crippen molar-refractivity contribution in [2.45, 2.75) is 37.4 Å². The number of methoxy groups -OCH3 is 1. The monoisotopic (exact) mass is 266 g/mol. The quantitative estimate of drug-likeness (QED) is 0.701. The van der Waals surface area contributed by atoms with E-state index < -0.39 is 23.6 Å². The molecule has 5 nitrogen and oxygen atoms in total. The molecule has 104 valence electrons. The summed E-state index contributed by atoms with van der Waals surface area (Å²) in [6.07, 6.45) is -0.700. The maximum absolute atomic E-state index is 12.0. The lowest BCUT2D eigenvalue weighted by Gasteiger charge is -2.41. The average molecular weight is 266 g/mol. The lowest BCUT2D eigenvalue weighted by molar-refractivity contribution is -0.153. The normalized spacial score (nSPS) is 29.7. The van der Waals surface area contributed by atoms with E-state index in [1.54, 1.807) is 19.1 Å². The van der Waals surface area contributed by atoms with Crippen molar-refractivity contribution in [1.82, 2.24) is 0 Å². The van der Waals surface area contributed by atoms with Crippen LogP contribution in [0.4, 0.5) is 0 Å². The van der Waals surface area contributed by atoms with E-state index in [1.165, 1.54) is 13.2 Å². The lowest BCUT2D eigenvalue weighted by atomic mass is 9.69.